The zero-order valence-corrected chi connectivity index (χ0v) is 17.8. The summed E-state index contributed by atoms with van der Waals surface area (Å²) in [5.74, 6) is 0.0813. The molecule has 7 nitrogen and oxygen atoms in total. The van der Waals surface area contributed by atoms with Crippen LogP contribution >= 0.6 is 0 Å². The van der Waals surface area contributed by atoms with E-state index in [9.17, 15) is 8.78 Å². The number of hydrogen-bond acceptors (Lipinski definition) is 6. The minimum Gasteiger partial charge on any atom is -0.376 e. The van der Waals surface area contributed by atoms with Gasteiger partial charge in [0.25, 0.3) is 0 Å². The van der Waals surface area contributed by atoms with Gasteiger partial charge >= 0.3 is 0 Å². The van der Waals surface area contributed by atoms with Crippen molar-refractivity contribution < 1.29 is 13.5 Å². The monoisotopic (exact) mass is 440 g/mol. The van der Waals surface area contributed by atoms with E-state index in [0.29, 0.717) is 49.8 Å². The van der Waals surface area contributed by atoms with Gasteiger partial charge in [0, 0.05) is 38.3 Å². The molecule has 32 heavy (non-hydrogen) atoms. The number of hydrogen-bond donors (Lipinski definition) is 0. The minimum absolute atomic E-state index is 0.0661. The van der Waals surface area contributed by atoms with E-state index in [2.05, 4.69) is 20.4 Å². The van der Waals surface area contributed by atoms with E-state index in [1.165, 1.54) is 12.1 Å². The van der Waals surface area contributed by atoms with Crippen LogP contribution in [0.4, 0.5) is 14.5 Å². The van der Waals surface area contributed by atoms with Gasteiger partial charge < -0.3 is 9.64 Å². The molecule has 0 radical (unpaired) electrons. The highest BCUT2D eigenvalue weighted by molar-refractivity contribution is 5.48. The van der Waals surface area contributed by atoms with Crippen LogP contribution in [0.15, 0.2) is 48.5 Å². The number of benzene rings is 2. The van der Waals surface area contributed by atoms with Crippen molar-refractivity contribution in [1.82, 2.24) is 25.1 Å². The summed E-state index contributed by atoms with van der Waals surface area (Å²) in [7, 11) is 0. The van der Waals surface area contributed by atoms with Crippen LogP contribution in [0.25, 0.3) is 0 Å². The first-order valence-electron chi connectivity index (χ1n) is 11.1. The van der Waals surface area contributed by atoms with Gasteiger partial charge in [-0.25, -0.2) is 13.5 Å². The standard InChI is InChI=1S/C23H26F2N6O/c24-19-8-2-1-7-18(19)22(23-26-27-28-31(23)16-17-6-5-15-32-17)30-13-11-29(12-14-30)21-10-4-3-9-20(21)25/h1-4,7-10,17,22H,5-6,11-16H2/t17-,22-/m0/s1. The number of para-hydroxylation sites is 1. The highest BCUT2D eigenvalue weighted by atomic mass is 19.1. The van der Waals surface area contributed by atoms with E-state index in [1.54, 1.807) is 28.9 Å². The lowest BCUT2D eigenvalue weighted by Gasteiger charge is -2.40. The fraction of sp³-hybridized carbons (Fsp3) is 0.435. The SMILES string of the molecule is Fc1ccccc1[C@@H](c1nnnn1C[C@@H]1CCCO1)N1CCN(c2ccccc2F)CC1. The number of anilines is 1. The molecule has 3 aromatic rings. The molecule has 0 spiro atoms. The number of nitrogens with zero attached hydrogens (tertiary/aromatic N) is 6. The zero-order valence-electron chi connectivity index (χ0n) is 17.8. The lowest BCUT2D eigenvalue weighted by atomic mass is 10.0. The maximum absolute atomic E-state index is 14.9. The molecule has 0 aliphatic carbocycles. The van der Waals surface area contributed by atoms with Gasteiger partial charge in [-0.1, -0.05) is 30.3 Å². The third-order valence-electron chi connectivity index (χ3n) is 6.28. The molecule has 9 heteroatoms. The molecule has 2 aliphatic heterocycles. The maximum Gasteiger partial charge on any atom is 0.173 e. The van der Waals surface area contributed by atoms with Crippen LogP contribution in [0, 0.1) is 11.6 Å². The van der Waals surface area contributed by atoms with Crippen molar-refractivity contribution in [3.8, 4) is 0 Å². The molecule has 3 heterocycles. The summed E-state index contributed by atoms with van der Waals surface area (Å²) in [6.07, 6.45) is 2.05. The van der Waals surface area contributed by atoms with Gasteiger partial charge in [-0.15, -0.1) is 5.10 Å². The number of halogens is 2. The number of ether oxygens (including phenoxy) is 1. The molecule has 0 bridgehead atoms. The van der Waals surface area contributed by atoms with Gasteiger partial charge in [-0.3, -0.25) is 4.90 Å². The third kappa shape index (κ3) is 4.22. The molecule has 2 aliphatic rings. The van der Waals surface area contributed by atoms with Crippen molar-refractivity contribution in [2.24, 2.45) is 0 Å². The van der Waals surface area contributed by atoms with Crippen molar-refractivity contribution in [3.63, 3.8) is 0 Å². The Balaban J connectivity index is 1.42. The van der Waals surface area contributed by atoms with E-state index < -0.39 is 6.04 Å². The first kappa shape index (κ1) is 21.0. The normalized spacial score (nSPS) is 20.6. The topological polar surface area (TPSA) is 59.3 Å². The number of tetrazole rings is 1. The molecule has 5 rings (SSSR count). The molecule has 2 atom stereocenters. The summed E-state index contributed by atoms with van der Waals surface area (Å²) < 4.78 is 36.7. The van der Waals surface area contributed by atoms with Gasteiger partial charge in [-0.05, 0) is 41.5 Å². The predicted molar refractivity (Wildman–Crippen MR) is 115 cm³/mol. The number of piperazine rings is 1. The molecule has 2 aromatic carbocycles. The average Bonchev–Trinajstić information content (AvgIpc) is 3.49. The second kappa shape index (κ2) is 9.30. The largest absolute Gasteiger partial charge is 0.376 e. The van der Waals surface area contributed by atoms with Gasteiger partial charge in [-0.2, -0.15) is 0 Å². The molecule has 0 unspecified atom stereocenters. The number of rotatable bonds is 6. The van der Waals surface area contributed by atoms with Crippen LogP contribution in [0.3, 0.4) is 0 Å². The summed E-state index contributed by atoms with van der Waals surface area (Å²) in [6.45, 7) is 3.79. The van der Waals surface area contributed by atoms with Crippen molar-refractivity contribution in [3.05, 3.63) is 71.6 Å². The minimum atomic E-state index is -0.435. The summed E-state index contributed by atoms with van der Waals surface area (Å²) in [4.78, 5) is 4.20. The van der Waals surface area contributed by atoms with Gasteiger partial charge in [0.2, 0.25) is 0 Å². The second-order valence-corrected chi connectivity index (χ2v) is 8.25. The predicted octanol–water partition coefficient (Wildman–Crippen LogP) is 3.04. The maximum atomic E-state index is 14.9. The Morgan fingerprint density at radius 3 is 2.44 bits per heavy atom. The summed E-state index contributed by atoms with van der Waals surface area (Å²) >= 11 is 0. The first-order valence-corrected chi connectivity index (χ1v) is 11.1. The molecule has 168 valence electrons. The van der Waals surface area contributed by atoms with Crippen LogP contribution in [-0.4, -0.2) is 64.0 Å². The van der Waals surface area contributed by atoms with Crippen LogP contribution in [0.5, 0.6) is 0 Å². The summed E-state index contributed by atoms with van der Waals surface area (Å²) in [6, 6.07) is 13.1. The molecule has 2 saturated heterocycles. The van der Waals surface area contributed by atoms with Crippen molar-refractivity contribution in [1.29, 1.82) is 0 Å². The highest BCUT2D eigenvalue weighted by Crippen LogP contribution is 2.31. The van der Waals surface area contributed by atoms with Crippen LogP contribution < -0.4 is 4.90 Å². The van der Waals surface area contributed by atoms with E-state index >= 15 is 0 Å². The Hall–Kier alpha value is -2.91. The first-order chi connectivity index (χ1) is 15.7. The Labute approximate surface area is 185 Å². The van der Waals surface area contributed by atoms with E-state index in [4.69, 9.17) is 4.74 Å². The lowest BCUT2D eigenvalue weighted by molar-refractivity contribution is 0.0906. The van der Waals surface area contributed by atoms with Crippen molar-refractivity contribution in [2.45, 2.75) is 31.5 Å². The Morgan fingerprint density at radius 1 is 0.969 bits per heavy atom. The van der Waals surface area contributed by atoms with Gasteiger partial charge in [0.05, 0.1) is 18.3 Å². The van der Waals surface area contributed by atoms with E-state index in [-0.39, 0.29) is 17.7 Å². The van der Waals surface area contributed by atoms with Crippen LogP contribution in [0.2, 0.25) is 0 Å². The van der Waals surface area contributed by atoms with E-state index in [0.717, 1.165) is 19.4 Å². The molecule has 2 fully saturated rings. The molecular formula is C23H26F2N6O. The Bertz CT molecular complexity index is 1050. The fourth-order valence-corrected chi connectivity index (χ4v) is 4.64. The number of aromatic nitrogens is 4. The quantitative estimate of drug-likeness (QED) is 0.587. The molecule has 0 saturated carbocycles. The van der Waals surface area contributed by atoms with Crippen molar-refractivity contribution in [2.75, 3.05) is 37.7 Å². The Kier molecular flexibility index (Phi) is 6.09. The smallest absolute Gasteiger partial charge is 0.173 e. The summed E-state index contributed by atoms with van der Waals surface area (Å²) in [5.41, 5.74) is 1.13. The van der Waals surface area contributed by atoms with Crippen LogP contribution in [0.1, 0.15) is 30.3 Å². The fourth-order valence-electron chi connectivity index (χ4n) is 4.64. The molecule has 1 aromatic heterocycles. The van der Waals surface area contributed by atoms with Gasteiger partial charge in [0.15, 0.2) is 5.82 Å². The average molecular weight is 440 g/mol. The summed E-state index contributed by atoms with van der Waals surface area (Å²) in [5, 5.41) is 12.4. The lowest BCUT2D eigenvalue weighted by Crippen LogP contribution is -2.48. The van der Waals surface area contributed by atoms with Gasteiger partial charge in [0.1, 0.15) is 17.7 Å². The second-order valence-electron chi connectivity index (χ2n) is 8.25. The molecule has 0 amide bonds. The van der Waals surface area contributed by atoms with Crippen molar-refractivity contribution >= 4 is 5.69 Å². The third-order valence-corrected chi connectivity index (χ3v) is 6.28. The molecular weight excluding hydrogens is 414 g/mol. The van der Waals surface area contributed by atoms with E-state index in [1.807, 2.05) is 17.0 Å². The van der Waals surface area contributed by atoms with Crippen LogP contribution in [-0.2, 0) is 11.3 Å². The highest BCUT2D eigenvalue weighted by Gasteiger charge is 2.33. The zero-order chi connectivity index (χ0) is 21.9. The Morgan fingerprint density at radius 2 is 1.72 bits per heavy atom. The molecule has 0 N–H and O–H groups in total.